The summed E-state index contributed by atoms with van der Waals surface area (Å²) in [7, 11) is 0. The molecule has 1 fully saturated rings. The van der Waals surface area contributed by atoms with Crippen LogP contribution in [0.4, 0.5) is 4.39 Å². The van der Waals surface area contributed by atoms with Gasteiger partial charge in [0.2, 0.25) is 0 Å². The highest BCUT2D eigenvalue weighted by atomic mass is 19.1. The molecule has 7 nitrogen and oxygen atoms in total. The topological polar surface area (TPSA) is 92.8 Å². The van der Waals surface area contributed by atoms with Gasteiger partial charge >= 0.3 is 0 Å². The van der Waals surface area contributed by atoms with Gasteiger partial charge in [-0.2, -0.15) is 20.3 Å². The number of ether oxygens (including phenoxy) is 1. The maximum atomic E-state index is 13.0. The van der Waals surface area contributed by atoms with E-state index in [1.807, 2.05) is 0 Å². The Bertz CT molecular complexity index is 867. The monoisotopic (exact) mass is 369 g/mol. The highest BCUT2D eigenvalue weighted by molar-refractivity contribution is 5.77. The molecule has 0 aliphatic heterocycles. The van der Waals surface area contributed by atoms with E-state index in [9.17, 15) is 9.18 Å². The average Bonchev–Trinajstić information content (AvgIpc) is 3.09. The first kappa shape index (κ1) is 18.6. The van der Waals surface area contributed by atoms with Crippen molar-refractivity contribution >= 4 is 11.5 Å². The van der Waals surface area contributed by atoms with E-state index in [0.29, 0.717) is 24.4 Å². The van der Waals surface area contributed by atoms with Crippen molar-refractivity contribution in [1.82, 2.24) is 20.3 Å². The van der Waals surface area contributed by atoms with Gasteiger partial charge in [-0.3, -0.25) is 4.79 Å². The zero-order valence-electron chi connectivity index (χ0n) is 14.8. The third kappa shape index (κ3) is 4.91. The predicted octanol–water partition coefficient (Wildman–Crippen LogP) is 2.49. The second kappa shape index (κ2) is 8.45. The quantitative estimate of drug-likeness (QED) is 0.772. The molecule has 8 heteroatoms. The summed E-state index contributed by atoms with van der Waals surface area (Å²) >= 11 is 0. The first-order valence-electron chi connectivity index (χ1n) is 8.70. The summed E-state index contributed by atoms with van der Waals surface area (Å²) in [5, 5.41) is 20.2. The molecule has 1 amide bonds. The lowest BCUT2D eigenvalue weighted by Crippen LogP contribution is -2.29. The molecule has 1 N–H and O–H groups in total. The van der Waals surface area contributed by atoms with Gasteiger partial charge in [0, 0.05) is 12.6 Å². The van der Waals surface area contributed by atoms with E-state index in [1.165, 1.54) is 18.2 Å². The Morgan fingerprint density at radius 2 is 2.30 bits per heavy atom. The van der Waals surface area contributed by atoms with Crippen LogP contribution in [0.25, 0.3) is 5.57 Å². The fourth-order valence-electron chi connectivity index (χ4n) is 2.73. The van der Waals surface area contributed by atoms with Crippen LogP contribution in [0.3, 0.4) is 0 Å². The van der Waals surface area contributed by atoms with Crippen molar-refractivity contribution in [1.29, 1.82) is 5.26 Å². The maximum Gasteiger partial charge on any atom is 0.257 e. The van der Waals surface area contributed by atoms with E-state index in [4.69, 9.17) is 10.00 Å². The summed E-state index contributed by atoms with van der Waals surface area (Å²) in [5.41, 5.74) is 1.45. The van der Waals surface area contributed by atoms with Gasteiger partial charge in [0.15, 0.2) is 6.61 Å². The molecule has 1 saturated carbocycles. The summed E-state index contributed by atoms with van der Waals surface area (Å²) in [6.07, 6.45) is 3.73. The highest BCUT2D eigenvalue weighted by Crippen LogP contribution is 2.36. The number of hydrogen-bond donors (Lipinski definition) is 1. The van der Waals surface area contributed by atoms with Crippen molar-refractivity contribution in [2.75, 3.05) is 13.2 Å². The number of benzene rings is 1. The Balaban J connectivity index is 1.37. The van der Waals surface area contributed by atoms with Gasteiger partial charge in [0.05, 0.1) is 24.2 Å². The molecule has 3 rings (SSSR count). The number of aromatic nitrogens is 3. The van der Waals surface area contributed by atoms with Crippen LogP contribution in [0.1, 0.15) is 31.0 Å². The van der Waals surface area contributed by atoms with Crippen molar-refractivity contribution in [3.63, 3.8) is 0 Å². The Morgan fingerprint density at radius 3 is 3.04 bits per heavy atom. The number of nitrogens with one attached hydrogen (secondary N) is 1. The van der Waals surface area contributed by atoms with Crippen molar-refractivity contribution in [3.05, 3.63) is 48.6 Å². The summed E-state index contributed by atoms with van der Waals surface area (Å²) < 4.78 is 18.3. The normalized spacial score (nSPS) is 18.2. The van der Waals surface area contributed by atoms with Crippen molar-refractivity contribution in [3.8, 4) is 11.8 Å². The molecule has 0 spiro atoms. The van der Waals surface area contributed by atoms with Gasteiger partial charge in [-0.15, -0.1) is 0 Å². The maximum absolute atomic E-state index is 13.0. The molecular weight excluding hydrogens is 349 g/mol. The summed E-state index contributed by atoms with van der Waals surface area (Å²) in [4.78, 5) is 13.4. The number of rotatable bonds is 8. The Kier molecular flexibility index (Phi) is 5.81. The third-order valence-electron chi connectivity index (χ3n) is 4.41. The van der Waals surface area contributed by atoms with Gasteiger partial charge in [-0.25, -0.2) is 4.39 Å². The van der Waals surface area contributed by atoms with Gasteiger partial charge in [0.1, 0.15) is 17.3 Å². The zero-order chi connectivity index (χ0) is 19.2. The van der Waals surface area contributed by atoms with Crippen LogP contribution in [0.5, 0.6) is 5.75 Å². The predicted molar refractivity (Wildman–Crippen MR) is 96.0 cm³/mol. The lowest BCUT2D eigenvalue weighted by molar-refractivity contribution is -0.123. The van der Waals surface area contributed by atoms with Crippen molar-refractivity contribution < 1.29 is 13.9 Å². The molecule has 0 atom stereocenters. The third-order valence-corrected chi connectivity index (χ3v) is 4.41. The first-order chi connectivity index (χ1) is 13.0. The minimum atomic E-state index is -0.415. The van der Waals surface area contributed by atoms with Crippen LogP contribution in [-0.4, -0.2) is 34.1 Å². The van der Waals surface area contributed by atoms with E-state index in [1.54, 1.807) is 17.1 Å². The Morgan fingerprint density at radius 1 is 1.48 bits per heavy atom. The molecule has 2 aromatic rings. The number of amides is 1. The molecule has 1 aromatic carbocycles. The van der Waals surface area contributed by atoms with Crippen LogP contribution in [-0.2, 0) is 4.79 Å². The minimum absolute atomic E-state index is 0.0949. The smallest absolute Gasteiger partial charge is 0.257 e. The average molecular weight is 369 g/mol. The minimum Gasteiger partial charge on any atom is -0.484 e. The second-order valence-corrected chi connectivity index (χ2v) is 6.45. The summed E-state index contributed by atoms with van der Waals surface area (Å²) in [5.74, 6) is -0.312. The lowest BCUT2D eigenvalue weighted by Gasteiger charge is -2.29. The molecule has 0 unspecified atom stereocenters. The number of nitriles is 1. The van der Waals surface area contributed by atoms with E-state index in [-0.39, 0.29) is 24.5 Å². The number of carbonyl (C=O) groups excluding carboxylic acids is 1. The van der Waals surface area contributed by atoms with Gasteiger partial charge < -0.3 is 10.1 Å². The summed E-state index contributed by atoms with van der Waals surface area (Å²) in [6.45, 7) is 4.18. The highest BCUT2D eigenvalue weighted by Gasteiger charge is 2.32. The molecule has 1 aromatic heterocycles. The SMILES string of the molecule is C=C(CCNC(=O)COc1cccc(F)c1)c1cnn([C@H]2C[C@@H](C#N)C2)n1. The lowest BCUT2D eigenvalue weighted by atomic mass is 9.82. The van der Waals surface area contributed by atoms with E-state index in [0.717, 1.165) is 18.4 Å². The standard InChI is InChI=1S/C19H20FN5O2/c1-13(18-11-23-25(24-18)16-7-14(8-16)10-21)5-6-22-19(26)12-27-17-4-2-3-15(20)9-17/h2-4,9,11,14,16H,1,5-8,12H2,(H,22,26)/t14-,16+. The largest absolute Gasteiger partial charge is 0.484 e. The Labute approximate surface area is 156 Å². The number of hydrogen-bond acceptors (Lipinski definition) is 5. The molecule has 27 heavy (non-hydrogen) atoms. The number of carbonyl (C=O) groups is 1. The molecular formula is C19H20FN5O2. The van der Waals surface area contributed by atoms with E-state index >= 15 is 0 Å². The fourth-order valence-corrected chi connectivity index (χ4v) is 2.73. The van der Waals surface area contributed by atoms with Gasteiger partial charge in [-0.1, -0.05) is 12.6 Å². The van der Waals surface area contributed by atoms with Crippen molar-refractivity contribution in [2.24, 2.45) is 5.92 Å². The molecule has 140 valence electrons. The zero-order valence-corrected chi connectivity index (χ0v) is 14.8. The van der Waals surface area contributed by atoms with E-state index < -0.39 is 5.82 Å². The van der Waals surface area contributed by atoms with Crippen LogP contribution in [0.2, 0.25) is 0 Å². The van der Waals surface area contributed by atoms with Gasteiger partial charge in [0.25, 0.3) is 5.91 Å². The Hall–Kier alpha value is -3.21. The van der Waals surface area contributed by atoms with Crippen LogP contribution in [0, 0.1) is 23.1 Å². The molecule has 1 heterocycles. The second-order valence-electron chi connectivity index (χ2n) is 6.45. The number of halogens is 1. The van der Waals surface area contributed by atoms with Crippen LogP contribution >= 0.6 is 0 Å². The van der Waals surface area contributed by atoms with E-state index in [2.05, 4.69) is 28.2 Å². The molecule has 0 bridgehead atoms. The molecule has 0 radical (unpaired) electrons. The molecule has 1 aliphatic carbocycles. The molecule has 0 saturated heterocycles. The first-order valence-corrected chi connectivity index (χ1v) is 8.70. The summed E-state index contributed by atoms with van der Waals surface area (Å²) in [6, 6.07) is 8.05. The van der Waals surface area contributed by atoms with Crippen LogP contribution < -0.4 is 10.1 Å². The number of nitrogens with zero attached hydrogens (tertiary/aromatic N) is 4. The van der Waals surface area contributed by atoms with Gasteiger partial charge in [-0.05, 0) is 37.0 Å². The van der Waals surface area contributed by atoms with Crippen LogP contribution in [0.15, 0.2) is 37.0 Å². The molecule has 1 aliphatic rings. The van der Waals surface area contributed by atoms with Crippen molar-refractivity contribution in [2.45, 2.75) is 25.3 Å². The fraction of sp³-hybridized carbons (Fsp3) is 0.368.